The van der Waals surface area contributed by atoms with Gasteiger partial charge in [0.2, 0.25) is 5.91 Å². The molecular formula is C26H34F3N5O3. The second kappa shape index (κ2) is 10.5. The van der Waals surface area contributed by atoms with E-state index in [4.69, 9.17) is 16.1 Å². The van der Waals surface area contributed by atoms with Crippen LogP contribution in [-0.2, 0) is 11.2 Å². The van der Waals surface area contributed by atoms with Gasteiger partial charge in [0.15, 0.2) is 0 Å². The number of amides is 2. The molecule has 4 N–H and O–H groups in total. The monoisotopic (exact) mass is 521 g/mol. The van der Waals surface area contributed by atoms with Gasteiger partial charge in [-0.2, -0.15) is 5.26 Å². The lowest BCUT2D eigenvalue weighted by atomic mass is 9.72. The summed E-state index contributed by atoms with van der Waals surface area (Å²) in [4.78, 5) is 26.6. The van der Waals surface area contributed by atoms with E-state index >= 15 is 0 Å². The molecule has 0 radical (unpaired) electrons. The molecule has 0 unspecified atom stereocenters. The maximum atomic E-state index is 13.9. The minimum atomic E-state index is -3.20. The Morgan fingerprint density at radius 1 is 1.16 bits per heavy atom. The van der Waals surface area contributed by atoms with Crippen LogP contribution in [0, 0.1) is 22.6 Å². The number of rotatable bonds is 7. The molecule has 1 aromatic carbocycles. The maximum absolute atomic E-state index is 13.9. The highest BCUT2D eigenvalue weighted by Crippen LogP contribution is 2.42. The summed E-state index contributed by atoms with van der Waals surface area (Å²) < 4.78 is 40.6. The van der Waals surface area contributed by atoms with Crippen LogP contribution in [0.15, 0.2) is 24.3 Å². The molecule has 2 amide bonds. The predicted molar refractivity (Wildman–Crippen MR) is 129 cm³/mol. The molecule has 2 aliphatic carbocycles. The zero-order chi connectivity index (χ0) is 26.8. The van der Waals surface area contributed by atoms with Crippen LogP contribution in [0.1, 0.15) is 50.5 Å². The molecule has 202 valence electrons. The van der Waals surface area contributed by atoms with Crippen molar-refractivity contribution >= 4 is 12.0 Å². The number of nitrogens with one attached hydrogen (secondary N) is 1. The van der Waals surface area contributed by atoms with E-state index in [9.17, 15) is 22.8 Å². The molecule has 1 aromatic rings. The molecular weight excluding hydrogens is 487 g/mol. The Hall–Kier alpha value is -2.84. The molecule has 0 bridgehead atoms. The van der Waals surface area contributed by atoms with Crippen molar-refractivity contribution in [2.24, 2.45) is 11.1 Å². The highest BCUT2D eigenvalue weighted by molar-refractivity contribution is 5.83. The van der Waals surface area contributed by atoms with Gasteiger partial charge in [-0.1, -0.05) is 12.1 Å². The number of hydrogen-bond donors (Lipinski definition) is 3. The Labute approximate surface area is 214 Å². The van der Waals surface area contributed by atoms with Gasteiger partial charge >= 0.3 is 6.09 Å². The first kappa shape index (κ1) is 27.2. The Morgan fingerprint density at radius 3 is 2.24 bits per heavy atom. The molecule has 4 fully saturated rings. The maximum Gasteiger partial charge on any atom is 0.407 e. The average molecular weight is 522 g/mol. The first-order chi connectivity index (χ1) is 17.4. The van der Waals surface area contributed by atoms with Crippen LogP contribution < -0.4 is 11.1 Å². The van der Waals surface area contributed by atoms with Crippen LogP contribution in [0.5, 0.6) is 0 Å². The Balaban J connectivity index is 0.000000184. The number of piperidine rings is 1. The van der Waals surface area contributed by atoms with E-state index in [2.05, 4.69) is 10.2 Å². The van der Waals surface area contributed by atoms with Crippen molar-refractivity contribution in [2.45, 2.75) is 74.9 Å². The predicted octanol–water partition coefficient (Wildman–Crippen LogP) is 3.12. The number of alkyl halides is 2. The fourth-order valence-electron chi connectivity index (χ4n) is 5.12. The van der Waals surface area contributed by atoms with Crippen molar-refractivity contribution in [1.29, 1.82) is 5.26 Å². The summed E-state index contributed by atoms with van der Waals surface area (Å²) in [5.74, 6) is -4.45. The van der Waals surface area contributed by atoms with Crippen molar-refractivity contribution in [1.82, 2.24) is 15.1 Å². The molecule has 11 heteroatoms. The number of likely N-dealkylation sites (tertiary alicyclic amines) is 2. The number of nitrogens with zero attached hydrogens (tertiary/aromatic N) is 3. The lowest BCUT2D eigenvalue weighted by Crippen LogP contribution is -2.61. The summed E-state index contributed by atoms with van der Waals surface area (Å²) in [5.41, 5.74) is 5.19. The number of carboxylic acid groups (broad SMARTS) is 1. The molecule has 2 saturated carbocycles. The summed E-state index contributed by atoms with van der Waals surface area (Å²) in [6.07, 6.45) is 3.98. The number of nitrogens with two attached hydrogens (primary N) is 1. The summed E-state index contributed by atoms with van der Waals surface area (Å²) in [7, 11) is 0. The third-order valence-electron chi connectivity index (χ3n) is 7.80. The summed E-state index contributed by atoms with van der Waals surface area (Å²) in [6.45, 7) is 3.94. The quantitative estimate of drug-likeness (QED) is 0.507. The first-order valence-electron chi connectivity index (χ1n) is 12.8. The number of nitriles is 1. The second-order valence-corrected chi connectivity index (χ2v) is 11.1. The van der Waals surface area contributed by atoms with E-state index in [1.807, 2.05) is 6.07 Å². The zero-order valence-corrected chi connectivity index (χ0v) is 20.8. The van der Waals surface area contributed by atoms with Gasteiger partial charge in [-0.25, -0.2) is 18.0 Å². The first-order valence-corrected chi connectivity index (χ1v) is 12.8. The van der Waals surface area contributed by atoms with Gasteiger partial charge in [0.05, 0.1) is 12.1 Å². The van der Waals surface area contributed by atoms with Crippen molar-refractivity contribution in [2.75, 3.05) is 26.2 Å². The number of benzene rings is 1. The number of hydrogen-bond acceptors (Lipinski definition) is 5. The molecule has 8 nitrogen and oxygen atoms in total. The fourth-order valence-corrected chi connectivity index (χ4v) is 5.12. The Kier molecular flexibility index (Phi) is 7.72. The summed E-state index contributed by atoms with van der Waals surface area (Å²) >= 11 is 0. The lowest BCUT2D eigenvalue weighted by molar-refractivity contribution is -0.125. The summed E-state index contributed by atoms with van der Waals surface area (Å²) in [6, 6.07) is 6.14. The molecule has 0 aromatic heterocycles. The highest BCUT2D eigenvalue weighted by Gasteiger charge is 2.48. The molecule has 2 saturated heterocycles. The van der Waals surface area contributed by atoms with E-state index in [-0.39, 0.29) is 5.56 Å². The van der Waals surface area contributed by atoms with Gasteiger partial charge < -0.3 is 26.0 Å². The van der Waals surface area contributed by atoms with Crippen molar-refractivity contribution < 1.29 is 27.9 Å². The molecule has 37 heavy (non-hydrogen) atoms. The molecule has 2 aliphatic heterocycles. The Bertz CT molecular complexity index is 1020. The SMILES string of the molecule is N#CC1(NC(=O)[C@@H](N)CC(F)(F)Cc2ccc(F)cc2)CC1.O=C(O)N1CC2(CCN(C3CC3)CC2)C1. The van der Waals surface area contributed by atoms with Gasteiger partial charge in [-0.3, -0.25) is 4.79 Å². The third kappa shape index (κ3) is 7.14. The van der Waals surface area contributed by atoms with Crippen LogP contribution in [0.3, 0.4) is 0 Å². The van der Waals surface area contributed by atoms with Crippen molar-refractivity contribution in [3.8, 4) is 6.07 Å². The van der Waals surface area contributed by atoms with Gasteiger partial charge in [-0.15, -0.1) is 0 Å². The van der Waals surface area contributed by atoms with Crippen LogP contribution >= 0.6 is 0 Å². The normalized spacial score (nSPS) is 22.6. The average Bonchev–Trinajstić information content (AvgIpc) is 3.75. The topological polar surface area (TPSA) is 123 Å². The number of carbonyl (C=O) groups is 2. The highest BCUT2D eigenvalue weighted by atomic mass is 19.3. The smallest absolute Gasteiger partial charge is 0.407 e. The lowest BCUT2D eigenvalue weighted by Gasteiger charge is -2.53. The van der Waals surface area contributed by atoms with Crippen molar-refractivity contribution in [3.05, 3.63) is 35.6 Å². The Morgan fingerprint density at radius 2 is 1.76 bits per heavy atom. The van der Waals surface area contributed by atoms with Gasteiger partial charge in [0, 0.05) is 37.4 Å². The standard InChI is InChI=1S/C15H16F3N3O.C11H18N2O2/c16-11-3-1-10(2-4-11)7-15(17,18)8-12(20)13(22)21-14(9-19)5-6-14;14-10(15)13-7-11(8-13)3-5-12(6-4-11)9-1-2-9/h1-4,12H,5-8,20H2,(H,21,22);9H,1-8H2,(H,14,15)/t12-;/m0./s1. The van der Waals surface area contributed by atoms with E-state index < -0.39 is 48.2 Å². The van der Waals surface area contributed by atoms with Gasteiger partial charge in [0.25, 0.3) is 5.92 Å². The zero-order valence-electron chi connectivity index (χ0n) is 20.8. The minimum absolute atomic E-state index is 0.259. The molecule has 5 rings (SSSR count). The van der Waals surface area contributed by atoms with Crippen LogP contribution in [0.2, 0.25) is 0 Å². The number of halogens is 3. The third-order valence-corrected chi connectivity index (χ3v) is 7.80. The fraction of sp³-hybridized carbons (Fsp3) is 0.654. The van der Waals surface area contributed by atoms with Crippen LogP contribution in [0.4, 0.5) is 18.0 Å². The summed E-state index contributed by atoms with van der Waals surface area (Å²) in [5, 5.41) is 20.1. The molecule has 1 atom stereocenters. The van der Waals surface area contributed by atoms with Crippen molar-refractivity contribution in [3.63, 3.8) is 0 Å². The van der Waals surface area contributed by atoms with Gasteiger partial charge in [-0.05, 0) is 69.3 Å². The van der Waals surface area contributed by atoms with Crippen LogP contribution in [-0.4, -0.2) is 76.6 Å². The van der Waals surface area contributed by atoms with E-state index in [1.165, 1.54) is 50.9 Å². The van der Waals surface area contributed by atoms with E-state index in [0.717, 1.165) is 31.3 Å². The molecule has 4 aliphatic rings. The van der Waals surface area contributed by atoms with E-state index in [0.29, 0.717) is 18.3 Å². The van der Waals surface area contributed by atoms with E-state index in [1.54, 1.807) is 4.90 Å². The van der Waals surface area contributed by atoms with Gasteiger partial charge in [0.1, 0.15) is 11.4 Å². The van der Waals surface area contributed by atoms with Crippen LogP contribution in [0.25, 0.3) is 0 Å². The minimum Gasteiger partial charge on any atom is -0.465 e. The number of carbonyl (C=O) groups excluding carboxylic acids is 1. The second-order valence-electron chi connectivity index (χ2n) is 11.1. The molecule has 2 heterocycles. The molecule has 1 spiro atoms. The largest absolute Gasteiger partial charge is 0.465 e.